The van der Waals surface area contributed by atoms with Crippen LogP contribution in [0.3, 0.4) is 0 Å². The first-order valence-electron chi connectivity index (χ1n) is 7.81. The van der Waals surface area contributed by atoms with Crippen LogP contribution in [0.15, 0.2) is 54.6 Å². The molecule has 0 saturated heterocycles. The maximum atomic E-state index is 13.2. The van der Waals surface area contributed by atoms with Gasteiger partial charge in [0, 0.05) is 5.02 Å². The number of hydrogen-bond donors (Lipinski definition) is 3. The van der Waals surface area contributed by atoms with Crippen LogP contribution in [0.25, 0.3) is 0 Å². The number of halogens is 4. The van der Waals surface area contributed by atoms with Crippen molar-refractivity contribution in [2.45, 2.75) is 18.3 Å². The molecule has 0 bridgehead atoms. The van der Waals surface area contributed by atoms with Crippen molar-refractivity contribution in [1.29, 1.82) is 0 Å². The highest BCUT2D eigenvalue weighted by Crippen LogP contribution is 2.32. The minimum absolute atomic E-state index is 0.0507. The highest BCUT2D eigenvalue weighted by Gasteiger charge is 2.40. The third-order valence-corrected chi connectivity index (χ3v) is 3.93. The van der Waals surface area contributed by atoms with Crippen LogP contribution in [0.4, 0.5) is 13.2 Å². The van der Waals surface area contributed by atoms with Gasteiger partial charge in [-0.3, -0.25) is 10.1 Å². The molecule has 3 N–H and O–H groups in total. The van der Waals surface area contributed by atoms with E-state index in [1.54, 1.807) is 6.07 Å². The summed E-state index contributed by atoms with van der Waals surface area (Å²) in [4.78, 5) is 23.4. The lowest BCUT2D eigenvalue weighted by atomic mass is 10.1. The Morgan fingerprint density at radius 2 is 1.59 bits per heavy atom. The molecule has 0 saturated carbocycles. The molecular weight excluding hydrogens is 385 g/mol. The van der Waals surface area contributed by atoms with Crippen molar-refractivity contribution in [2.75, 3.05) is 6.54 Å². The van der Waals surface area contributed by atoms with E-state index < -0.39 is 36.7 Å². The molecule has 144 valence electrons. The Labute approximate surface area is 158 Å². The number of carbonyl (C=O) groups excluding carboxylic acids is 1. The molecule has 2 atom stereocenters. The lowest BCUT2D eigenvalue weighted by Crippen LogP contribution is -2.43. The maximum absolute atomic E-state index is 13.2. The first kappa shape index (κ1) is 20.7. The molecule has 0 fully saturated rings. The Bertz CT molecular complexity index is 783. The summed E-state index contributed by atoms with van der Waals surface area (Å²) in [6.45, 7) is -0.712. The molecule has 2 rings (SSSR count). The van der Waals surface area contributed by atoms with Crippen molar-refractivity contribution in [2.24, 2.45) is 0 Å². The van der Waals surface area contributed by atoms with E-state index in [1.807, 2.05) is 0 Å². The molecule has 0 radical (unpaired) electrons. The van der Waals surface area contributed by atoms with E-state index in [2.05, 4.69) is 10.6 Å². The van der Waals surface area contributed by atoms with Crippen molar-refractivity contribution >= 4 is 23.5 Å². The summed E-state index contributed by atoms with van der Waals surface area (Å²) in [5.74, 6) is -2.23. The normalized spacial score (nSPS) is 13.6. The van der Waals surface area contributed by atoms with Gasteiger partial charge in [0.1, 0.15) is 6.04 Å². The van der Waals surface area contributed by atoms with E-state index in [4.69, 9.17) is 11.6 Å². The molecular formula is C18H16ClF3N2O3. The smallest absolute Gasteiger partial charge is 0.407 e. The molecule has 9 heteroatoms. The zero-order valence-electron chi connectivity index (χ0n) is 13.8. The van der Waals surface area contributed by atoms with Gasteiger partial charge in [-0.15, -0.1) is 0 Å². The first-order valence-corrected chi connectivity index (χ1v) is 8.19. The molecule has 2 aromatic rings. The zero-order valence-corrected chi connectivity index (χ0v) is 14.6. The minimum atomic E-state index is -4.62. The Kier molecular flexibility index (Phi) is 6.81. The van der Waals surface area contributed by atoms with E-state index in [0.29, 0.717) is 5.02 Å². The summed E-state index contributed by atoms with van der Waals surface area (Å²) in [6, 6.07) is 9.34. The third kappa shape index (κ3) is 5.97. The Morgan fingerprint density at radius 1 is 1.00 bits per heavy atom. The number of carbonyl (C=O) groups is 2. The van der Waals surface area contributed by atoms with Crippen molar-refractivity contribution in [1.82, 2.24) is 10.6 Å². The molecule has 0 heterocycles. The van der Waals surface area contributed by atoms with Crippen molar-refractivity contribution in [3.05, 3.63) is 70.7 Å². The molecule has 27 heavy (non-hydrogen) atoms. The number of hydrogen-bond acceptors (Lipinski definition) is 3. The average molecular weight is 401 g/mol. The van der Waals surface area contributed by atoms with Gasteiger partial charge in [-0.1, -0.05) is 54.1 Å². The lowest BCUT2D eigenvalue weighted by Gasteiger charge is -2.22. The van der Waals surface area contributed by atoms with Gasteiger partial charge in [0.25, 0.3) is 0 Å². The average Bonchev–Trinajstić information content (AvgIpc) is 2.60. The summed E-state index contributed by atoms with van der Waals surface area (Å²) in [7, 11) is 0. The van der Waals surface area contributed by atoms with Crippen LogP contribution in [0, 0.1) is 0 Å². The Balaban J connectivity index is 2.06. The number of nitrogens with one attached hydrogen (secondary N) is 2. The number of aliphatic carboxylic acids is 1. The minimum Gasteiger partial charge on any atom is -0.479 e. The predicted octanol–water partition coefficient (Wildman–Crippen LogP) is 3.48. The van der Waals surface area contributed by atoms with Crippen LogP contribution in [0.1, 0.15) is 23.2 Å². The van der Waals surface area contributed by atoms with Gasteiger partial charge in [-0.05, 0) is 23.3 Å². The zero-order chi connectivity index (χ0) is 20.0. The van der Waals surface area contributed by atoms with Crippen molar-refractivity contribution in [3.63, 3.8) is 0 Å². The maximum Gasteiger partial charge on any atom is 0.407 e. The van der Waals surface area contributed by atoms with Crippen LogP contribution >= 0.6 is 11.6 Å². The third-order valence-electron chi connectivity index (χ3n) is 3.68. The molecule has 2 aromatic carbocycles. The van der Waals surface area contributed by atoms with Crippen molar-refractivity contribution < 1.29 is 27.9 Å². The fraction of sp³-hybridized carbons (Fsp3) is 0.222. The second-order valence-electron chi connectivity index (χ2n) is 5.66. The summed E-state index contributed by atoms with van der Waals surface area (Å²) < 4.78 is 39.7. The van der Waals surface area contributed by atoms with E-state index in [-0.39, 0.29) is 11.1 Å². The van der Waals surface area contributed by atoms with Crippen LogP contribution in [0.2, 0.25) is 5.02 Å². The quantitative estimate of drug-likeness (QED) is 0.665. The monoisotopic (exact) mass is 400 g/mol. The largest absolute Gasteiger partial charge is 0.479 e. The molecule has 1 amide bonds. The summed E-state index contributed by atoms with van der Waals surface area (Å²) in [5.41, 5.74) is 0.195. The fourth-order valence-electron chi connectivity index (χ4n) is 2.42. The van der Waals surface area contributed by atoms with E-state index in [1.165, 1.54) is 48.5 Å². The number of carboxylic acids is 1. The van der Waals surface area contributed by atoms with Gasteiger partial charge < -0.3 is 10.4 Å². The number of alkyl halides is 3. The molecule has 0 spiro atoms. The second-order valence-corrected chi connectivity index (χ2v) is 6.09. The van der Waals surface area contributed by atoms with Crippen LogP contribution in [-0.2, 0) is 9.59 Å². The predicted molar refractivity (Wildman–Crippen MR) is 93.2 cm³/mol. The van der Waals surface area contributed by atoms with Gasteiger partial charge in [0.15, 0.2) is 6.04 Å². The summed E-state index contributed by atoms with van der Waals surface area (Å²) in [5, 5.41) is 14.0. The van der Waals surface area contributed by atoms with Gasteiger partial charge in [0.05, 0.1) is 6.54 Å². The fourth-order valence-corrected chi connectivity index (χ4v) is 2.54. The molecule has 0 aliphatic carbocycles. The number of rotatable bonds is 7. The molecule has 5 nitrogen and oxygen atoms in total. The van der Waals surface area contributed by atoms with Crippen molar-refractivity contribution in [3.8, 4) is 0 Å². The number of carboxylic acid groups (broad SMARTS) is 1. The van der Waals surface area contributed by atoms with Gasteiger partial charge in [-0.2, -0.15) is 13.2 Å². The van der Waals surface area contributed by atoms with Gasteiger partial charge >= 0.3 is 12.1 Å². The van der Waals surface area contributed by atoms with Gasteiger partial charge in [-0.25, -0.2) is 4.79 Å². The number of benzene rings is 2. The van der Waals surface area contributed by atoms with Gasteiger partial charge in [0.2, 0.25) is 5.91 Å². The summed E-state index contributed by atoms with van der Waals surface area (Å²) >= 11 is 5.74. The highest BCUT2D eigenvalue weighted by molar-refractivity contribution is 6.30. The van der Waals surface area contributed by atoms with Crippen LogP contribution in [-0.4, -0.2) is 29.7 Å². The Morgan fingerprint density at radius 3 is 2.11 bits per heavy atom. The van der Waals surface area contributed by atoms with Crippen LogP contribution < -0.4 is 10.6 Å². The standard InChI is InChI=1S/C18H16ClF3N2O3/c19-13-8-6-11(7-9-13)15(17(26)27)24-14(25)10-23-16(18(20,21)22)12-4-2-1-3-5-12/h1-9,15-16,23H,10H2,(H,24,25)(H,26,27). The van der Waals surface area contributed by atoms with E-state index >= 15 is 0 Å². The van der Waals surface area contributed by atoms with E-state index in [0.717, 1.165) is 0 Å². The lowest BCUT2D eigenvalue weighted by molar-refractivity contribution is -0.158. The van der Waals surface area contributed by atoms with E-state index in [9.17, 15) is 27.9 Å². The highest BCUT2D eigenvalue weighted by atomic mass is 35.5. The molecule has 0 aliphatic heterocycles. The summed E-state index contributed by atoms with van der Waals surface area (Å²) in [6.07, 6.45) is -4.62. The molecule has 0 aromatic heterocycles. The Hall–Kier alpha value is -2.58. The number of amides is 1. The topological polar surface area (TPSA) is 78.4 Å². The molecule has 0 aliphatic rings. The first-order chi connectivity index (χ1) is 12.7. The second kappa shape index (κ2) is 8.88. The molecule has 2 unspecified atom stereocenters. The SMILES string of the molecule is O=C(CNC(c1ccccc1)C(F)(F)F)NC(C(=O)O)c1ccc(Cl)cc1. The van der Waals surface area contributed by atoms with Crippen LogP contribution in [0.5, 0.6) is 0 Å².